The number of ether oxygens (including phenoxy) is 1. The lowest BCUT2D eigenvalue weighted by Gasteiger charge is -2.33. The summed E-state index contributed by atoms with van der Waals surface area (Å²) in [4.78, 5) is 2.41. The van der Waals surface area contributed by atoms with Crippen molar-refractivity contribution in [2.75, 3.05) is 26.8 Å². The molecule has 1 unspecified atom stereocenters. The summed E-state index contributed by atoms with van der Waals surface area (Å²) in [6.07, 6.45) is 1.17. The number of nitrogens with zero attached hydrogens (tertiary/aromatic N) is 1. The van der Waals surface area contributed by atoms with E-state index in [-0.39, 0.29) is 0 Å². The van der Waals surface area contributed by atoms with Crippen LogP contribution in [0.15, 0.2) is 0 Å². The number of rotatable bonds is 7. The molecule has 0 aromatic carbocycles. The van der Waals surface area contributed by atoms with E-state index < -0.39 is 0 Å². The van der Waals surface area contributed by atoms with Gasteiger partial charge in [-0.05, 0) is 26.8 Å². The monoisotopic (exact) mass is 188 g/mol. The molecule has 0 saturated carbocycles. The summed E-state index contributed by atoms with van der Waals surface area (Å²) in [6.45, 7) is 9.10. The van der Waals surface area contributed by atoms with Gasteiger partial charge in [0.2, 0.25) is 0 Å². The first-order valence-corrected chi connectivity index (χ1v) is 5.12. The molecule has 0 rings (SSSR count). The molecular formula is C10H24N2O. The molecule has 0 aliphatic heterocycles. The predicted molar refractivity (Wildman–Crippen MR) is 56.9 cm³/mol. The zero-order chi connectivity index (χ0) is 10.3. The summed E-state index contributed by atoms with van der Waals surface area (Å²) in [6, 6.07) is 0.911. The van der Waals surface area contributed by atoms with E-state index in [0.717, 1.165) is 13.2 Å². The van der Waals surface area contributed by atoms with Gasteiger partial charge < -0.3 is 10.5 Å². The maximum absolute atomic E-state index is 5.71. The average molecular weight is 188 g/mol. The van der Waals surface area contributed by atoms with Gasteiger partial charge in [-0.25, -0.2) is 0 Å². The highest BCUT2D eigenvalue weighted by Gasteiger charge is 2.18. The van der Waals surface area contributed by atoms with Crippen molar-refractivity contribution in [3.63, 3.8) is 0 Å². The fourth-order valence-corrected chi connectivity index (χ4v) is 1.61. The summed E-state index contributed by atoms with van der Waals surface area (Å²) >= 11 is 0. The van der Waals surface area contributed by atoms with Crippen molar-refractivity contribution >= 4 is 0 Å². The summed E-state index contributed by atoms with van der Waals surface area (Å²) in [5.41, 5.74) is 5.71. The lowest BCUT2D eigenvalue weighted by Crippen LogP contribution is -2.47. The minimum Gasteiger partial charge on any atom is -0.383 e. The van der Waals surface area contributed by atoms with Crippen LogP contribution in [-0.4, -0.2) is 43.8 Å². The van der Waals surface area contributed by atoms with Crippen molar-refractivity contribution in [2.45, 2.75) is 39.3 Å². The van der Waals surface area contributed by atoms with Crippen molar-refractivity contribution in [1.29, 1.82) is 0 Å². The van der Waals surface area contributed by atoms with Crippen LogP contribution in [0.2, 0.25) is 0 Å². The van der Waals surface area contributed by atoms with Crippen LogP contribution in [0.1, 0.15) is 27.2 Å². The summed E-state index contributed by atoms with van der Waals surface area (Å²) in [5, 5.41) is 0. The van der Waals surface area contributed by atoms with Crippen LogP contribution < -0.4 is 5.73 Å². The SMILES string of the molecule is CCCN(C(C)C)C(CN)COC. The number of methoxy groups -OCH3 is 1. The molecule has 3 heteroatoms. The summed E-state index contributed by atoms with van der Waals surface area (Å²) in [7, 11) is 1.73. The van der Waals surface area contributed by atoms with Crippen LogP contribution in [0.25, 0.3) is 0 Å². The fraction of sp³-hybridized carbons (Fsp3) is 1.00. The van der Waals surface area contributed by atoms with Crippen LogP contribution in [0.4, 0.5) is 0 Å². The van der Waals surface area contributed by atoms with Gasteiger partial charge in [0.25, 0.3) is 0 Å². The molecule has 0 bridgehead atoms. The van der Waals surface area contributed by atoms with Crippen LogP contribution >= 0.6 is 0 Å². The molecule has 0 amide bonds. The first-order valence-electron chi connectivity index (χ1n) is 5.12. The van der Waals surface area contributed by atoms with Gasteiger partial charge in [0.15, 0.2) is 0 Å². The largest absolute Gasteiger partial charge is 0.383 e. The van der Waals surface area contributed by atoms with Gasteiger partial charge in [0.1, 0.15) is 0 Å². The second kappa shape index (κ2) is 7.30. The van der Waals surface area contributed by atoms with Gasteiger partial charge in [0.05, 0.1) is 6.61 Å². The number of hydrogen-bond acceptors (Lipinski definition) is 3. The zero-order valence-corrected chi connectivity index (χ0v) is 9.42. The summed E-state index contributed by atoms with van der Waals surface area (Å²) in [5.74, 6) is 0. The van der Waals surface area contributed by atoms with E-state index in [1.54, 1.807) is 7.11 Å². The Labute approximate surface area is 82.2 Å². The second-order valence-corrected chi connectivity index (χ2v) is 3.68. The minimum atomic E-state index is 0.366. The second-order valence-electron chi connectivity index (χ2n) is 3.68. The minimum absolute atomic E-state index is 0.366. The van der Waals surface area contributed by atoms with E-state index in [9.17, 15) is 0 Å². The molecule has 0 aliphatic carbocycles. The molecule has 0 spiro atoms. The normalized spacial score (nSPS) is 14.1. The molecule has 0 aromatic rings. The maximum Gasteiger partial charge on any atom is 0.0630 e. The Kier molecular flexibility index (Phi) is 7.23. The first-order chi connectivity index (χ1) is 6.17. The molecule has 1 atom stereocenters. The van der Waals surface area contributed by atoms with Crippen molar-refractivity contribution < 1.29 is 4.74 Å². The van der Waals surface area contributed by atoms with Gasteiger partial charge in [-0.15, -0.1) is 0 Å². The number of nitrogens with two attached hydrogens (primary N) is 1. The standard InChI is InChI=1S/C10H24N2O/c1-5-6-12(9(2)3)10(7-11)8-13-4/h9-10H,5-8,11H2,1-4H3. The van der Waals surface area contributed by atoms with E-state index in [4.69, 9.17) is 10.5 Å². The van der Waals surface area contributed by atoms with E-state index in [1.165, 1.54) is 6.42 Å². The Balaban J connectivity index is 4.11. The lowest BCUT2D eigenvalue weighted by molar-refractivity contribution is 0.0741. The molecule has 3 nitrogen and oxygen atoms in total. The predicted octanol–water partition coefficient (Wildman–Crippen LogP) is 1.08. The third kappa shape index (κ3) is 4.60. The van der Waals surface area contributed by atoms with E-state index >= 15 is 0 Å². The Bertz CT molecular complexity index is 117. The molecule has 0 aliphatic rings. The Morgan fingerprint density at radius 2 is 2.00 bits per heavy atom. The molecule has 80 valence electrons. The van der Waals surface area contributed by atoms with Crippen molar-refractivity contribution in [3.05, 3.63) is 0 Å². The molecule has 0 heterocycles. The van der Waals surface area contributed by atoms with Crippen molar-refractivity contribution in [3.8, 4) is 0 Å². The molecule has 2 N–H and O–H groups in total. The number of hydrogen-bond donors (Lipinski definition) is 1. The smallest absolute Gasteiger partial charge is 0.0630 e. The zero-order valence-electron chi connectivity index (χ0n) is 9.42. The average Bonchev–Trinajstić information content (AvgIpc) is 2.10. The van der Waals surface area contributed by atoms with E-state index in [0.29, 0.717) is 18.6 Å². The fourth-order valence-electron chi connectivity index (χ4n) is 1.61. The van der Waals surface area contributed by atoms with Crippen LogP contribution in [0, 0.1) is 0 Å². The summed E-state index contributed by atoms with van der Waals surface area (Å²) < 4.78 is 5.15. The topological polar surface area (TPSA) is 38.5 Å². The molecule has 13 heavy (non-hydrogen) atoms. The van der Waals surface area contributed by atoms with E-state index in [2.05, 4.69) is 25.7 Å². The molecule has 0 saturated heterocycles. The van der Waals surface area contributed by atoms with Gasteiger partial charge in [-0.1, -0.05) is 6.92 Å². The molecular weight excluding hydrogens is 164 g/mol. The highest BCUT2D eigenvalue weighted by atomic mass is 16.5. The van der Waals surface area contributed by atoms with Crippen molar-refractivity contribution in [1.82, 2.24) is 4.90 Å². The quantitative estimate of drug-likeness (QED) is 0.650. The highest BCUT2D eigenvalue weighted by Crippen LogP contribution is 2.06. The van der Waals surface area contributed by atoms with Crippen LogP contribution in [0.3, 0.4) is 0 Å². The Morgan fingerprint density at radius 1 is 1.38 bits per heavy atom. The third-order valence-corrected chi connectivity index (χ3v) is 2.25. The molecule has 0 aromatic heterocycles. The van der Waals surface area contributed by atoms with Gasteiger partial charge >= 0.3 is 0 Å². The van der Waals surface area contributed by atoms with E-state index in [1.807, 2.05) is 0 Å². The van der Waals surface area contributed by atoms with Gasteiger partial charge in [-0.3, -0.25) is 4.90 Å². The van der Waals surface area contributed by atoms with Crippen LogP contribution in [0.5, 0.6) is 0 Å². The Hall–Kier alpha value is -0.120. The van der Waals surface area contributed by atoms with Gasteiger partial charge in [-0.2, -0.15) is 0 Å². The van der Waals surface area contributed by atoms with Crippen molar-refractivity contribution in [2.24, 2.45) is 5.73 Å². The molecule has 0 radical (unpaired) electrons. The highest BCUT2D eigenvalue weighted by molar-refractivity contribution is 4.74. The Morgan fingerprint density at radius 3 is 2.31 bits per heavy atom. The maximum atomic E-state index is 5.71. The first kappa shape index (κ1) is 12.9. The lowest BCUT2D eigenvalue weighted by atomic mass is 10.2. The van der Waals surface area contributed by atoms with Crippen LogP contribution in [-0.2, 0) is 4.74 Å². The van der Waals surface area contributed by atoms with Gasteiger partial charge in [0, 0.05) is 25.7 Å². The third-order valence-electron chi connectivity index (χ3n) is 2.25. The molecule has 0 fully saturated rings.